The van der Waals surface area contributed by atoms with E-state index in [1.165, 1.54) is 11.3 Å². The van der Waals surface area contributed by atoms with Crippen LogP contribution in [0.15, 0.2) is 41.8 Å². The fraction of sp³-hybridized carbons (Fsp3) is 0.294. The van der Waals surface area contributed by atoms with E-state index < -0.39 is 12.0 Å². The average Bonchev–Trinajstić information content (AvgIpc) is 3.08. The van der Waals surface area contributed by atoms with Crippen molar-refractivity contribution >= 4 is 23.2 Å². The van der Waals surface area contributed by atoms with Gasteiger partial charge in [-0.05, 0) is 42.6 Å². The van der Waals surface area contributed by atoms with Gasteiger partial charge in [-0.25, -0.2) is 0 Å². The van der Waals surface area contributed by atoms with Crippen molar-refractivity contribution in [2.24, 2.45) is 0 Å². The van der Waals surface area contributed by atoms with Gasteiger partial charge in [-0.15, -0.1) is 11.3 Å². The van der Waals surface area contributed by atoms with Gasteiger partial charge < -0.3 is 19.9 Å². The van der Waals surface area contributed by atoms with Crippen LogP contribution >= 0.6 is 11.3 Å². The zero-order valence-electron chi connectivity index (χ0n) is 13.2. The molecule has 24 heavy (non-hydrogen) atoms. The largest absolute Gasteiger partial charge is 0.494 e. The van der Waals surface area contributed by atoms with E-state index in [1.807, 2.05) is 18.4 Å². The van der Waals surface area contributed by atoms with Crippen molar-refractivity contribution in [1.29, 1.82) is 0 Å². The summed E-state index contributed by atoms with van der Waals surface area (Å²) in [6.45, 7) is 2.29. The number of amides is 1. The number of carbonyl (C=O) groups excluding carboxylic acids is 1. The van der Waals surface area contributed by atoms with Gasteiger partial charge in [-0.1, -0.05) is 6.07 Å². The van der Waals surface area contributed by atoms with Crippen LogP contribution in [0.2, 0.25) is 0 Å². The number of thiophene rings is 1. The van der Waals surface area contributed by atoms with Crippen LogP contribution in [0.5, 0.6) is 11.5 Å². The van der Waals surface area contributed by atoms with Crippen LogP contribution < -0.4 is 14.8 Å². The second kappa shape index (κ2) is 8.93. The van der Waals surface area contributed by atoms with E-state index in [0.29, 0.717) is 12.4 Å². The van der Waals surface area contributed by atoms with Gasteiger partial charge >= 0.3 is 5.97 Å². The molecule has 0 aliphatic heterocycles. The summed E-state index contributed by atoms with van der Waals surface area (Å²) in [5.41, 5.74) is 0. The summed E-state index contributed by atoms with van der Waals surface area (Å²) >= 11 is 1.40. The first-order valence-corrected chi connectivity index (χ1v) is 8.36. The van der Waals surface area contributed by atoms with Crippen LogP contribution in [0, 0.1) is 0 Å². The average molecular weight is 349 g/mol. The molecule has 1 aromatic heterocycles. The highest BCUT2D eigenvalue weighted by Crippen LogP contribution is 2.22. The fourth-order valence-electron chi connectivity index (χ4n) is 2.07. The molecule has 0 fully saturated rings. The van der Waals surface area contributed by atoms with Crippen LogP contribution in [0.1, 0.15) is 24.3 Å². The summed E-state index contributed by atoms with van der Waals surface area (Å²) in [5.74, 6) is -0.0716. The lowest BCUT2D eigenvalue weighted by molar-refractivity contribution is -0.137. The second-order valence-corrected chi connectivity index (χ2v) is 5.91. The van der Waals surface area contributed by atoms with E-state index in [4.69, 9.17) is 14.6 Å². The van der Waals surface area contributed by atoms with Crippen molar-refractivity contribution in [2.75, 3.05) is 13.2 Å². The number of ether oxygens (including phenoxy) is 2. The van der Waals surface area contributed by atoms with Gasteiger partial charge in [-0.3, -0.25) is 9.59 Å². The molecule has 0 aliphatic rings. The minimum absolute atomic E-state index is 0.171. The summed E-state index contributed by atoms with van der Waals surface area (Å²) < 4.78 is 10.7. The highest BCUT2D eigenvalue weighted by molar-refractivity contribution is 7.10. The van der Waals surface area contributed by atoms with Gasteiger partial charge in [0.05, 0.1) is 19.1 Å². The lowest BCUT2D eigenvalue weighted by atomic mass is 10.1. The van der Waals surface area contributed by atoms with Gasteiger partial charge in [0.2, 0.25) is 0 Å². The molecule has 0 radical (unpaired) electrons. The predicted octanol–water partition coefficient (Wildman–Crippen LogP) is 2.86. The number of carboxylic acid groups (broad SMARTS) is 1. The fourth-order valence-corrected chi connectivity index (χ4v) is 2.85. The van der Waals surface area contributed by atoms with Crippen molar-refractivity contribution in [1.82, 2.24) is 5.32 Å². The molecular formula is C17H19NO5S. The van der Waals surface area contributed by atoms with E-state index >= 15 is 0 Å². The Labute approximate surface area is 144 Å². The Balaban J connectivity index is 1.87. The number of carboxylic acids is 1. The number of benzene rings is 1. The van der Waals surface area contributed by atoms with Crippen molar-refractivity contribution in [3.05, 3.63) is 46.7 Å². The first-order valence-electron chi connectivity index (χ1n) is 7.48. The maximum absolute atomic E-state index is 12.0. The number of hydrogen-bond donors (Lipinski definition) is 2. The normalized spacial score (nSPS) is 11.5. The zero-order valence-corrected chi connectivity index (χ0v) is 14.0. The third kappa shape index (κ3) is 5.58. The van der Waals surface area contributed by atoms with Gasteiger partial charge in [0.15, 0.2) is 6.61 Å². The standard InChI is InChI=1S/C17H19NO5S/c1-2-22-12-5-7-13(8-6-12)23-11-16(19)18-14(10-17(20)21)15-4-3-9-24-15/h3-9,14H,2,10-11H2,1H3,(H,18,19)(H,20,21)/t14-/m1/s1. The smallest absolute Gasteiger partial charge is 0.305 e. The van der Waals surface area contributed by atoms with Crippen molar-refractivity contribution in [3.8, 4) is 11.5 Å². The molecule has 2 N–H and O–H groups in total. The number of hydrogen-bond acceptors (Lipinski definition) is 5. The second-order valence-electron chi connectivity index (χ2n) is 4.93. The first kappa shape index (κ1) is 17.8. The molecule has 1 amide bonds. The highest BCUT2D eigenvalue weighted by atomic mass is 32.1. The van der Waals surface area contributed by atoms with Crippen LogP contribution in [0.3, 0.4) is 0 Å². The van der Waals surface area contributed by atoms with Crippen LogP contribution in [0.25, 0.3) is 0 Å². The molecule has 0 unspecified atom stereocenters. The van der Waals surface area contributed by atoms with Crippen molar-refractivity contribution in [2.45, 2.75) is 19.4 Å². The maximum Gasteiger partial charge on any atom is 0.305 e. The van der Waals surface area contributed by atoms with Gasteiger partial charge in [-0.2, -0.15) is 0 Å². The third-order valence-corrected chi connectivity index (χ3v) is 4.09. The minimum atomic E-state index is -0.971. The molecule has 6 nitrogen and oxygen atoms in total. The Bertz CT molecular complexity index is 654. The molecule has 0 bridgehead atoms. The number of nitrogens with one attached hydrogen (secondary N) is 1. The first-order chi connectivity index (χ1) is 11.6. The van der Waals surface area contributed by atoms with E-state index in [0.717, 1.165) is 10.6 Å². The predicted molar refractivity (Wildman–Crippen MR) is 90.6 cm³/mol. The quantitative estimate of drug-likeness (QED) is 0.727. The lowest BCUT2D eigenvalue weighted by Crippen LogP contribution is -2.33. The lowest BCUT2D eigenvalue weighted by Gasteiger charge is -2.16. The Morgan fingerprint density at radius 2 is 1.83 bits per heavy atom. The Morgan fingerprint density at radius 1 is 1.17 bits per heavy atom. The van der Waals surface area contributed by atoms with E-state index in [1.54, 1.807) is 30.3 Å². The Hall–Kier alpha value is -2.54. The topological polar surface area (TPSA) is 84.9 Å². The third-order valence-electron chi connectivity index (χ3n) is 3.11. The molecule has 128 valence electrons. The monoisotopic (exact) mass is 349 g/mol. The summed E-state index contributed by atoms with van der Waals surface area (Å²) in [5, 5.41) is 13.5. The molecule has 7 heteroatoms. The van der Waals surface area contributed by atoms with E-state index in [2.05, 4.69) is 5.32 Å². The van der Waals surface area contributed by atoms with Gasteiger partial charge in [0, 0.05) is 4.88 Å². The number of rotatable bonds is 9. The minimum Gasteiger partial charge on any atom is -0.494 e. The van der Waals surface area contributed by atoms with E-state index in [-0.39, 0.29) is 18.9 Å². The molecule has 2 rings (SSSR count). The van der Waals surface area contributed by atoms with Crippen LogP contribution in [-0.2, 0) is 9.59 Å². The molecule has 1 atom stereocenters. The SMILES string of the molecule is CCOc1ccc(OCC(=O)N[C@H](CC(=O)O)c2cccs2)cc1. The van der Waals surface area contributed by atoms with Gasteiger partial charge in [0.1, 0.15) is 11.5 Å². The highest BCUT2D eigenvalue weighted by Gasteiger charge is 2.19. The summed E-state index contributed by atoms with van der Waals surface area (Å²) in [6.07, 6.45) is -0.171. The Kier molecular flexibility index (Phi) is 6.62. The van der Waals surface area contributed by atoms with Crippen molar-refractivity contribution < 1.29 is 24.2 Å². The van der Waals surface area contributed by atoms with Gasteiger partial charge in [0.25, 0.3) is 5.91 Å². The molecule has 0 saturated heterocycles. The molecule has 0 aliphatic carbocycles. The summed E-state index contributed by atoms with van der Waals surface area (Å²) in [4.78, 5) is 23.8. The van der Waals surface area contributed by atoms with Crippen molar-refractivity contribution in [3.63, 3.8) is 0 Å². The summed E-state index contributed by atoms with van der Waals surface area (Å²) in [6, 6.07) is 10.0. The molecule has 2 aromatic rings. The maximum atomic E-state index is 12.0. The zero-order chi connectivity index (χ0) is 17.4. The molecule has 1 aromatic carbocycles. The van der Waals surface area contributed by atoms with E-state index in [9.17, 15) is 9.59 Å². The molecule has 0 spiro atoms. The number of carbonyl (C=O) groups is 2. The summed E-state index contributed by atoms with van der Waals surface area (Å²) in [7, 11) is 0. The molecular weight excluding hydrogens is 330 g/mol. The Morgan fingerprint density at radius 3 is 2.38 bits per heavy atom. The van der Waals surface area contributed by atoms with Crippen LogP contribution in [-0.4, -0.2) is 30.2 Å². The molecule has 1 heterocycles. The number of aliphatic carboxylic acids is 1. The van der Waals surface area contributed by atoms with Crippen LogP contribution in [0.4, 0.5) is 0 Å². The molecule has 0 saturated carbocycles.